The van der Waals surface area contributed by atoms with Crippen molar-refractivity contribution in [2.24, 2.45) is 41.4 Å². The van der Waals surface area contributed by atoms with Crippen LogP contribution in [-0.4, -0.2) is 48.1 Å². The molecule has 5 heteroatoms. The Hall–Kier alpha value is -0.880. The topological polar surface area (TPSA) is 51.2 Å². The predicted molar refractivity (Wildman–Crippen MR) is 141 cm³/mol. The van der Waals surface area contributed by atoms with Gasteiger partial charge in [0.1, 0.15) is 5.76 Å². The Morgan fingerprint density at radius 1 is 0.944 bits per heavy atom. The Labute approximate surface area is 218 Å². The van der Waals surface area contributed by atoms with Crippen LogP contribution in [0.5, 0.6) is 0 Å². The van der Waals surface area contributed by atoms with Gasteiger partial charge in [0.2, 0.25) is 5.79 Å². The Bertz CT molecular complexity index is 774. The fraction of sp³-hybridized carbons (Fsp3) is 0.871. The molecule has 1 N–H and O–H groups in total. The van der Waals surface area contributed by atoms with E-state index in [1.165, 1.54) is 58.2 Å². The Balaban J connectivity index is 0.954. The van der Waals surface area contributed by atoms with Gasteiger partial charge in [-0.05, 0) is 125 Å². The molecule has 0 amide bonds. The molecule has 4 bridgehead atoms. The van der Waals surface area contributed by atoms with Crippen LogP contribution in [0.2, 0.25) is 0 Å². The van der Waals surface area contributed by atoms with Crippen molar-refractivity contribution in [1.29, 1.82) is 0 Å². The second-order valence-electron chi connectivity index (χ2n) is 13.3. The molecule has 0 aromatic rings. The zero-order valence-corrected chi connectivity index (χ0v) is 22.5. The highest BCUT2D eigenvalue weighted by molar-refractivity contribution is 5.21. The second kappa shape index (κ2) is 11.1. The van der Waals surface area contributed by atoms with Gasteiger partial charge in [0.15, 0.2) is 0 Å². The van der Waals surface area contributed by atoms with E-state index in [9.17, 15) is 5.11 Å². The number of allylic oxidation sites excluding steroid dienone is 3. The molecule has 0 aromatic heterocycles. The molecule has 0 radical (unpaired) electrons. The van der Waals surface area contributed by atoms with Gasteiger partial charge in [0.25, 0.3) is 0 Å². The maximum absolute atomic E-state index is 11.5. The summed E-state index contributed by atoms with van der Waals surface area (Å²) in [6.45, 7) is 6.84. The van der Waals surface area contributed by atoms with Crippen molar-refractivity contribution in [1.82, 2.24) is 4.90 Å². The van der Waals surface area contributed by atoms with Crippen molar-refractivity contribution < 1.29 is 19.6 Å². The van der Waals surface area contributed by atoms with Crippen molar-refractivity contribution in [3.63, 3.8) is 0 Å². The van der Waals surface area contributed by atoms with Gasteiger partial charge in [-0.3, -0.25) is 0 Å². The van der Waals surface area contributed by atoms with E-state index >= 15 is 0 Å². The number of ether oxygens (including phenoxy) is 1. The van der Waals surface area contributed by atoms with Gasteiger partial charge in [-0.1, -0.05) is 25.8 Å². The number of hydrogen-bond donors (Lipinski definition) is 1. The Morgan fingerprint density at radius 2 is 1.69 bits per heavy atom. The minimum atomic E-state index is -1.04. The molecule has 7 aliphatic rings. The molecule has 5 nitrogen and oxygen atoms in total. The minimum absolute atomic E-state index is 0.0991. The SMILES string of the molecule is CC1C=C(OCCCN2CCCCC2)C=CC1C1CCCC(OOC2(O)C3CC4CC(C3)CC2C4)C1. The van der Waals surface area contributed by atoms with E-state index in [1.54, 1.807) is 0 Å². The van der Waals surface area contributed by atoms with Crippen LogP contribution in [0.1, 0.15) is 90.4 Å². The van der Waals surface area contributed by atoms with E-state index in [0.29, 0.717) is 17.8 Å². The Morgan fingerprint density at radius 3 is 2.42 bits per heavy atom. The van der Waals surface area contributed by atoms with Crippen molar-refractivity contribution in [2.45, 2.75) is 102 Å². The summed E-state index contributed by atoms with van der Waals surface area (Å²) in [4.78, 5) is 14.7. The fourth-order valence-corrected chi connectivity index (χ4v) is 8.91. The van der Waals surface area contributed by atoms with Crippen LogP contribution >= 0.6 is 0 Å². The first-order valence-electron chi connectivity index (χ1n) is 15.4. The lowest BCUT2D eigenvalue weighted by Gasteiger charge is -2.57. The highest BCUT2D eigenvalue weighted by Crippen LogP contribution is 2.58. The maximum atomic E-state index is 11.5. The van der Waals surface area contributed by atoms with Crippen molar-refractivity contribution in [3.05, 3.63) is 24.0 Å². The third kappa shape index (κ3) is 5.46. The zero-order valence-electron chi connectivity index (χ0n) is 22.5. The summed E-state index contributed by atoms with van der Waals surface area (Å²) in [5.41, 5.74) is 0. The van der Waals surface area contributed by atoms with Crippen LogP contribution < -0.4 is 0 Å². The summed E-state index contributed by atoms with van der Waals surface area (Å²) < 4.78 is 6.14. The van der Waals surface area contributed by atoms with E-state index < -0.39 is 5.79 Å². The van der Waals surface area contributed by atoms with Crippen LogP contribution in [0.25, 0.3) is 0 Å². The van der Waals surface area contributed by atoms with Crippen molar-refractivity contribution >= 4 is 0 Å². The number of likely N-dealkylation sites (tertiary alicyclic amines) is 1. The first-order chi connectivity index (χ1) is 17.6. The lowest BCUT2D eigenvalue weighted by Crippen LogP contribution is -2.59. The zero-order chi connectivity index (χ0) is 24.5. The number of aliphatic hydroxyl groups is 1. The Kier molecular flexibility index (Phi) is 7.82. The van der Waals surface area contributed by atoms with Crippen LogP contribution in [0.4, 0.5) is 0 Å². The van der Waals surface area contributed by atoms with Gasteiger partial charge >= 0.3 is 0 Å². The predicted octanol–water partition coefficient (Wildman–Crippen LogP) is 6.24. The largest absolute Gasteiger partial charge is 0.494 e. The van der Waals surface area contributed by atoms with Gasteiger partial charge in [-0.15, -0.1) is 0 Å². The molecule has 1 aliphatic heterocycles. The van der Waals surface area contributed by atoms with E-state index in [0.717, 1.165) is 69.1 Å². The third-order valence-electron chi connectivity index (χ3n) is 10.7. The molecule has 4 unspecified atom stereocenters. The van der Waals surface area contributed by atoms with Crippen LogP contribution in [0, 0.1) is 41.4 Å². The van der Waals surface area contributed by atoms with Crippen molar-refractivity contribution in [2.75, 3.05) is 26.2 Å². The molecule has 1 saturated heterocycles. The maximum Gasteiger partial charge on any atom is 0.204 e. The van der Waals surface area contributed by atoms with E-state index in [2.05, 4.69) is 30.1 Å². The van der Waals surface area contributed by atoms with Gasteiger partial charge < -0.3 is 14.7 Å². The molecule has 5 saturated carbocycles. The first-order valence-corrected chi connectivity index (χ1v) is 15.4. The van der Waals surface area contributed by atoms with Gasteiger partial charge in [0.05, 0.1) is 12.7 Å². The monoisotopic (exact) mass is 499 g/mol. The van der Waals surface area contributed by atoms with E-state index in [4.69, 9.17) is 14.5 Å². The van der Waals surface area contributed by atoms with Gasteiger partial charge in [-0.2, -0.15) is 0 Å². The third-order valence-corrected chi connectivity index (χ3v) is 10.7. The fourth-order valence-electron chi connectivity index (χ4n) is 8.91. The molecule has 4 atom stereocenters. The second-order valence-corrected chi connectivity index (χ2v) is 13.3. The number of piperidine rings is 1. The smallest absolute Gasteiger partial charge is 0.204 e. The highest BCUT2D eigenvalue weighted by atomic mass is 17.2. The summed E-state index contributed by atoms with van der Waals surface area (Å²) >= 11 is 0. The summed E-state index contributed by atoms with van der Waals surface area (Å²) in [6, 6.07) is 0. The molecular formula is C31H49NO4. The number of rotatable bonds is 9. The standard InChI is InChI=1S/C31H49NO4/c1-22-15-28(34-14-6-13-32-11-3-2-4-12-32)9-10-30(22)25-7-5-8-29(21-25)35-36-31(33)26-17-23-16-24(19-26)20-27(31)18-23/h9-10,15,22-27,29-30,33H,2-8,11-14,16-21H2,1H3. The molecule has 6 fully saturated rings. The quantitative estimate of drug-likeness (QED) is 0.176. The molecule has 202 valence electrons. The lowest BCUT2D eigenvalue weighted by atomic mass is 9.53. The summed E-state index contributed by atoms with van der Waals surface area (Å²) in [5.74, 6) is 3.79. The molecule has 36 heavy (non-hydrogen) atoms. The molecule has 6 aliphatic carbocycles. The normalized spacial score (nSPS) is 44.6. The average Bonchev–Trinajstić information content (AvgIpc) is 2.89. The molecule has 0 aromatic carbocycles. The van der Waals surface area contributed by atoms with Gasteiger partial charge in [0, 0.05) is 18.4 Å². The first kappa shape index (κ1) is 25.4. The van der Waals surface area contributed by atoms with E-state index in [-0.39, 0.29) is 17.9 Å². The lowest BCUT2D eigenvalue weighted by molar-refractivity contribution is -0.481. The summed E-state index contributed by atoms with van der Waals surface area (Å²) in [7, 11) is 0. The number of hydrogen-bond acceptors (Lipinski definition) is 5. The summed E-state index contributed by atoms with van der Waals surface area (Å²) in [5, 5.41) is 11.5. The van der Waals surface area contributed by atoms with Crippen LogP contribution in [0.3, 0.4) is 0 Å². The number of nitrogens with zero attached hydrogens (tertiary/aromatic N) is 1. The van der Waals surface area contributed by atoms with E-state index in [1.807, 2.05) is 0 Å². The minimum Gasteiger partial charge on any atom is -0.494 e. The van der Waals surface area contributed by atoms with Crippen LogP contribution in [-0.2, 0) is 14.5 Å². The highest BCUT2D eigenvalue weighted by Gasteiger charge is 2.58. The average molecular weight is 500 g/mol. The molecule has 7 rings (SSSR count). The molecule has 0 spiro atoms. The van der Waals surface area contributed by atoms with Crippen molar-refractivity contribution in [3.8, 4) is 0 Å². The molecular weight excluding hydrogens is 450 g/mol. The van der Waals surface area contributed by atoms with Crippen LogP contribution in [0.15, 0.2) is 24.0 Å². The molecule has 1 heterocycles. The van der Waals surface area contributed by atoms with Gasteiger partial charge in [-0.25, -0.2) is 9.78 Å². The summed E-state index contributed by atoms with van der Waals surface area (Å²) in [6.07, 6.45) is 22.6.